The van der Waals surface area contributed by atoms with E-state index in [0.29, 0.717) is 0 Å². The van der Waals surface area contributed by atoms with Gasteiger partial charge in [0.05, 0.1) is 12.6 Å². The zero-order valence-corrected chi connectivity index (χ0v) is 9.36. The van der Waals surface area contributed by atoms with Gasteiger partial charge in [0, 0.05) is 0 Å². The van der Waals surface area contributed by atoms with E-state index in [1.54, 1.807) is 26.1 Å². The SMILES string of the molecule is CC(C)(C)[C@H](N)C(=O)NCC(F)(F)C(F)F. The molecule has 0 saturated heterocycles. The van der Waals surface area contributed by atoms with Crippen molar-refractivity contribution in [2.45, 2.75) is 39.2 Å². The van der Waals surface area contributed by atoms with Crippen molar-refractivity contribution in [2.24, 2.45) is 11.1 Å². The molecular weight excluding hydrogens is 228 g/mol. The van der Waals surface area contributed by atoms with Crippen molar-refractivity contribution in [1.29, 1.82) is 0 Å². The molecule has 0 rings (SSSR count). The molecule has 0 saturated carbocycles. The lowest BCUT2D eigenvalue weighted by molar-refractivity contribution is -0.138. The average molecular weight is 244 g/mol. The number of rotatable bonds is 4. The van der Waals surface area contributed by atoms with Crippen LogP contribution in [0.3, 0.4) is 0 Å². The maximum Gasteiger partial charge on any atom is 0.324 e. The molecule has 3 nitrogen and oxygen atoms in total. The van der Waals surface area contributed by atoms with Gasteiger partial charge in [-0.25, -0.2) is 8.78 Å². The van der Waals surface area contributed by atoms with Crippen molar-refractivity contribution in [1.82, 2.24) is 5.32 Å². The van der Waals surface area contributed by atoms with Crippen LogP contribution in [0.2, 0.25) is 0 Å². The molecule has 0 aromatic heterocycles. The number of alkyl halides is 4. The summed E-state index contributed by atoms with van der Waals surface area (Å²) in [4.78, 5) is 11.2. The molecular formula is C9H16F4N2O. The Morgan fingerprint density at radius 3 is 2.06 bits per heavy atom. The molecule has 0 aliphatic heterocycles. The topological polar surface area (TPSA) is 55.1 Å². The minimum Gasteiger partial charge on any atom is -0.348 e. The zero-order chi connectivity index (χ0) is 13.1. The summed E-state index contributed by atoms with van der Waals surface area (Å²) in [5, 5.41) is 1.72. The first kappa shape index (κ1) is 15.2. The second-order valence-electron chi connectivity index (χ2n) is 4.62. The van der Waals surface area contributed by atoms with Crippen LogP contribution in [-0.2, 0) is 4.79 Å². The molecule has 96 valence electrons. The summed E-state index contributed by atoms with van der Waals surface area (Å²) >= 11 is 0. The van der Waals surface area contributed by atoms with Gasteiger partial charge in [0.15, 0.2) is 0 Å². The molecule has 1 atom stereocenters. The molecule has 0 spiro atoms. The molecule has 0 fully saturated rings. The number of amides is 1. The molecule has 0 unspecified atom stereocenters. The standard InChI is InChI=1S/C9H16F4N2O/c1-8(2,3)5(14)6(16)15-4-9(12,13)7(10)11/h5,7H,4,14H2,1-3H3,(H,15,16)/t5-/m1/s1. The van der Waals surface area contributed by atoms with Crippen LogP contribution in [0.1, 0.15) is 20.8 Å². The van der Waals surface area contributed by atoms with Crippen LogP contribution >= 0.6 is 0 Å². The summed E-state index contributed by atoms with van der Waals surface area (Å²) in [5.41, 5.74) is 4.83. The number of nitrogens with two attached hydrogens (primary N) is 1. The van der Waals surface area contributed by atoms with Gasteiger partial charge in [0.2, 0.25) is 5.91 Å². The summed E-state index contributed by atoms with van der Waals surface area (Å²) in [6, 6.07) is -1.03. The Morgan fingerprint density at radius 1 is 1.31 bits per heavy atom. The van der Waals surface area contributed by atoms with E-state index in [2.05, 4.69) is 0 Å². The second-order valence-corrected chi connectivity index (χ2v) is 4.62. The highest BCUT2D eigenvalue weighted by Crippen LogP contribution is 2.22. The number of halogens is 4. The first-order valence-corrected chi connectivity index (χ1v) is 4.67. The van der Waals surface area contributed by atoms with Crippen molar-refractivity contribution in [3.8, 4) is 0 Å². The van der Waals surface area contributed by atoms with Crippen LogP contribution < -0.4 is 11.1 Å². The first-order chi connectivity index (χ1) is 6.98. The lowest BCUT2D eigenvalue weighted by Crippen LogP contribution is -2.52. The third-order valence-corrected chi connectivity index (χ3v) is 2.03. The molecule has 0 aromatic rings. The van der Waals surface area contributed by atoms with E-state index < -0.39 is 36.3 Å². The average Bonchev–Trinajstić information content (AvgIpc) is 2.11. The highest BCUT2D eigenvalue weighted by atomic mass is 19.3. The Bertz CT molecular complexity index is 250. The monoisotopic (exact) mass is 244 g/mol. The van der Waals surface area contributed by atoms with E-state index >= 15 is 0 Å². The van der Waals surface area contributed by atoms with Gasteiger partial charge in [-0.3, -0.25) is 4.79 Å². The van der Waals surface area contributed by atoms with Gasteiger partial charge in [-0.2, -0.15) is 8.78 Å². The van der Waals surface area contributed by atoms with Gasteiger partial charge in [-0.1, -0.05) is 20.8 Å². The Balaban J connectivity index is 4.29. The van der Waals surface area contributed by atoms with Gasteiger partial charge < -0.3 is 11.1 Å². The van der Waals surface area contributed by atoms with E-state index in [9.17, 15) is 22.4 Å². The number of hydrogen-bond acceptors (Lipinski definition) is 2. The van der Waals surface area contributed by atoms with Gasteiger partial charge in [0.1, 0.15) is 0 Å². The third-order valence-electron chi connectivity index (χ3n) is 2.03. The highest BCUT2D eigenvalue weighted by molar-refractivity contribution is 5.82. The summed E-state index contributed by atoms with van der Waals surface area (Å²) in [5.74, 6) is -5.10. The molecule has 0 heterocycles. The number of carbonyl (C=O) groups is 1. The van der Waals surface area contributed by atoms with Crippen molar-refractivity contribution in [3.63, 3.8) is 0 Å². The fourth-order valence-corrected chi connectivity index (χ4v) is 0.785. The molecule has 0 aromatic carbocycles. The molecule has 7 heteroatoms. The third kappa shape index (κ3) is 4.34. The maximum atomic E-state index is 12.5. The predicted octanol–water partition coefficient (Wildman–Crippen LogP) is 1.38. The van der Waals surface area contributed by atoms with Crippen LogP contribution in [0.15, 0.2) is 0 Å². The van der Waals surface area contributed by atoms with Crippen LogP contribution in [-0.4, -0.2) is 30.8 Å². The van der Waals surface area contributed by atoms with E-state index in [-0.39, 0.29) is 0 Å². The highest BCUT2D eigenvalue weighted by Gasteiger charge is 2.41. The smallest absolute Gasteiger partial charge is 0.324 e. The number of nitrogens with one attached hydrogen (secondary N) is 1. The Labute approximate surface area is 91.4 Å². The van der Waals surface area contributed by atoms with Crippen LogP contribution in [0.4, 0.5) is 17.6 Å². The van der Waals surface area contributed by atoms with Crippen molar-refractivity contribution in [2.75, 3.05) is 6.54 Å². The molecule has 0 aliphatic carbocycles. The fourth-order valence-electron chi connectivity index (χ4n) is 0.785. The Kier molecular flexibility index (Phi) is 4.72. The van der Waals surface area contributed by atoms with Gasteiger partial charge in [0.25, 0.3) is 0 Å². The maximum absolute atomic E-state index is 12.5. The quantitative estimate of drug-likeness (QED) is 0.734. The Hall–Kier alpha value is -0.850. The molecule has 0 radical (unpaired) electrons. The molecule has 0 aliphatic rings. The molecule has 16 heavy (non-hydrogen) atoms. The summed E-state index contributed by atoms with van der Waals surface area (Å²) in [7, 11) is 0. The van der Waals surface area contributed by atoms with Crippen molar-refractivity contribution in [3.05, 3.63) is 0 Å². The lowest BCUT2D eigenvalue weighted by atomic mass is 9.87. The zero-order valence-electron chi connectivity index (χ0n) is 9.36. The number of hydrogen-bond donors (Lipinski definition) is 2. The Morgan fingerprint density at radius 2 is 1.75 bits per heavy atom. The largest absolute Gasteiger partial charge is 0.348 e. The van der Waals surface area contributed by atoms with Gasteiger partial charge in [-0.05, 0) is 5.41 Å². The van der Waals surface area contributed by atoms with Gasteiger partial charge >= 0.3 is 12.3 Å². The molecule has 0 bridgehead atoms. The normalized spacial score (nSPS) is 15.1. The predicted molar refractivity (Wildman–Crippen MR) is 51.4 cm³/mol. The van der Waals surface area contributed by atoms with Crippen LogP contribution in [0.5, 0.6) is 0 Å². The van der Waals surface area contributed by atoms with E-state index in [1.165, 1.54) is 0 Å². The van der Waals surface area contributed by atoms with Crippen LogP contribution in [0, 0.1) is 5.41 Å². The van der Waals surface area contributed by atoms with E-state index in [0.717, 1.165) is 0 Å². The van der Waals surface area contributed by atoms with Crippen LogP contribution in [0.25, 0.3) is 0 Å². The second kappa shape index (κ2) is 4.99. The van der Waals surface area contributed by atoms with Crippen molar-refractivity contribution < 1.29 is 22.4 Å². The van der Waals surface area contributed by atoms with Gasteiger partial charge in [-0.15, -0.1) is 0 Å². The summed E-state index contributed by atoms with van der Waals surface area (Å²) in [6.07, 6.45) is -3.81. The summed E-state index contributed by atoms with van der Waals surface area (Å²) in [6.45, 7) is 3.51. The molecule has 1 amide bonds. The van der Waals surface area contributed by atoms with E-state index in [1.807, 2.05) is 0 Å². The first-order valence-electron chi connectivity index (χ1n) is 4.67. The fraction of sp³-hybridized carbons (Fsp3) is 0.889. The summed E-state index contributed by atoms with van der Waals surface area (Å²) < 4.78 is 48.5. The lowest BCUT2D eigenvalue weighted by Gasteiger charge is -2.26. The molecule has 3 N–H and O–H groups in total. The van der Waals surface area contributed by atoms with E-state index in [4.69, 9.17) is 5.73 Å². The number of carbonyl (C=O) groups excluding carboxylic acids is 1. The minimum absolute atomic E-state index is 0.621. The minimum atomic E-state index is -4.23. The van der Waals surface area contributed by atoms with Crippen molar-refractivity contribution >= 4 is 5.91 Å².